The average molecular weight is 283 g/mol. The van der Waals surface area contributed by atoms with Crippen LogP contribution in [-0.2, 0) is 4.79 Å². The van der Waals surface area contributed by atoms with Gasteiger partial charge in [-0.1, -0.05) is 6.07 Å². The molecular formula is C15H17N5O. The lowest BCUT2D eigenvalue weighted by molar-refractivity contribution is -0.133. The van der Waals surface area contributed by atoms with Crippen molar-refractivity contribution in [1.29, 1.82) is 0 Å². The van der Waals surface area contributed by atoms with Crippen LogP contribution in [0.15, 0.2) is 30.6 Å². The summed E-state index contributed by atoms with van der Waals surface area (Å²) in [5.74, 6) is 1.70. The predicted molar refractivity (Wildman–Crippen MR) is 79.3 cm³/mol. The molecule has 0 atom stereocenters. The van der Waals surface area contributed by atoms with Crippen molar-refractivity contribution in [2.24, 2.45) is 0 Å². The number of likely N-dealkylation sites (tertiary alicyclic amines) is 1. The number of nitrogens with one attached hydrogen (secondary N) is 1. The summed E-state index contributed by atoms with van der Waals surface area (Å²) in [4.78, 5) is 26.1. The summed E-state index contributed by atoms with van der Waals surface area (Å²) in [5, 5.41) is 3.14. The molecule has 6 nitrogen and oxygen atoms in total. The molecule has 1 saturated heterocycles. The molecule has 21 heavy (non-hydrogen) atoms. The van der Waals surface area contributed by atoms with Gasteiger partial charge < -0.3 is 10.2 Å². The van der Waals surface area contributed by atoms with Crippen LogP contribution in [0.5, 0.6) is 0 Å². The maximum atomic E-state index is 11.2. The van der Waals surface area contributed by atoms with Crippen LogP contribution in [0.25, 0.3) is 0 Å². The molecule has 0 aromatic carbocycles. The number of anilines is 2. The van der Waals surface area contributed by atoms with Gasteiger partial charge in [-0.05, 0) is 24.6 Å². The van der Waals surface area contributed by atoms with Crippen LogP contribution in [0.2, 0.25) is 0 Å². The van der Waals surface area contributed by atoms with Crippen LogP contribution >= 0.6 is 0 Å². The Morgan fingerprint density at radius 1 is 1.29 bits per heavy atom. The van der Waals surface area contributed by atoms with Crippen molar-refractivity contribution in [2.75, 3.05) is 18.4 Å². The number of nitrogens with zero attached hydrogens (tertiary/aromatic N) is 4. The average Bonchev–Trinajstić information content (AvgIpc) is 2.40. The molecule has 0 unspecified atom stereocenters. The van der Waals surface area contributed by atoms with E-state index in [0.29, 0.717) is 11.9 Å². The van der Waals surface area contributed by atoms with E-state index in [1.807, 2.05) is 30.0 Å². The minimum Gasteiger partial charge on any atom is -0.341 e. The smallest absolute Gasteiger partial charge is 0.228 e. The fraction of sp³-hybridized carbons (Fsp3) is 0.333. The Labute approximate surface area is 123 Å². The van der Waals surface area contributed by atoms with E-state index in [-0.39, 0.29) is 5.91 Å². The van der Waals surface area contributed by atoms with Crippen molar-refractivity contribution >= 4 is 17.7 Å². The largest absolute Gasteiger partial charge is 0.341 e. The number of aromatic nitrogens is 3. The molecule has 1 amide bonds. The fourth-order valence-electron chi connectivity index (χ4n) is 2.31. The van der Waals surface area contributed by atoms with Crippen molar-refractivity contribution in [1.82, 2.24) is 19.9 Å². The number of hydrogen-bond donors (Lipinski definition) is 1. The number of carbonyl (C=O) groups excluding carboxylic acids is 1. The quantitative estimate of drug-likeness (QED) is 0.931. The normalized spacial score (nSPS) is 14.7. The van der Waals surface area contributed by atoms with Crippen molar-refractivity contribution in [3.8, 4) is 0 Å². The van der Waals surface area contributed by atoms with Crippen LogP contribution in [0.4, 0.5) is 11.8 Å². The van der Waals surface area contributed by atoms with Crippen LogP contribution in [0.3, 0.4) is 0 Å². The molecule has 0 radical (unpaired) electrons. The van der Waals surface area contributed by atoms with Crippen molar-refractivity contribution in [2.45, 2.75) is 19.8 Å². The molecule has 0 aliphatic carbocycles. The van der Waals surface area contributed by atoms with E-state index >= 15 is 0 Å². The second-order valence-electron chi connectivity index (χ2n) is 5.22. The lowest BCUT2D eigenvalue weighted by atomic mass is 9.96. The maximum Gasteiger partial charge on any atom is 0.228 e. The highest BCUT2D eigenvalue weighted by molar-refractivity contribution is 5.74. The summed E-state index contributed by atoms with van der Waals surface area (Å²) < 4.78 is 0. The van der Waals surface area contributed by atoms with Gasteiger partial charge in [0.15, 0.2) is 0 Å². The van der Waals surface area contributed by atoms with Crippen LogP contribution in [-0.4, -0.2) is 38.8 Å². The summed E-state index contributed by atoms with van der Waals surface area (Å²) in [5.41, 5.74) is 2.00. The predicted octanol–water partition coefficient (Wildman–Crippen LogP) is 1.87. The van der Waals surface area contributed by atoms with Gasteiger partial charge in [-0.15, -0.1) is 0 Å². The zero-order valence-corrected chi connectivity index (χ0v) is 12.1. The van der Waals surface area contributed by atoms with Gasteiger partial charge in [0.25, 0.3) is 0 Å². The third kappa shape index (κ3) is 2.84. The molecule has 0 spiro atoms. The van der Waals surface area contributed by atoms with Crippen LogP contribution in [0.1, 0.15) is 24.1 Å². The van der Waals surface area contributed by atoms with Gasteiger partial charge in [0, 0.05) is 38.3 Å². The van der Waals surface area contributed by atoms with Gasteiger partial charge in [-0.3, -0.25) is 4.79 Å². The van der Waals surface area contributed by atoms with Crippen LogP contribution in [0, 0.1) is 6.92 Å². The van der Waals surface area contributed by atoms with Gasteiger partial charge in [0.2, 0.25) is 11.9 Å². The van der Waals surface area contributed by atoms with E-state index in [1.165, 1.54) is 0 Å². The van der Waals surface area contributed by atoms with E-state index < -0.39 is 0 Å². The van der Waals surface area contributed by atoms with Gasteiger partial charge in [-0.2, -0.15) is 0 Å². The molecule has 6 heteroatoms. The standard InChI is InChI=1S/C15H17N5O/c1-10-4-3-6-16-14(10)19-15-17-7-5-13(18-15)12-8-20(9-12)11(2)21/h3-7,12H,8-9H2,1-2H3,(H,16,17,18,19). The minimum atomic E-state index is 0.114. The molecule has 1 aliphatic rings. The molecular weight excluding hydrogens is 266 g/mol. The number of carbonyl (C=O) groups is 1. The minimum absolute atomic E-state index is 0.114. The van der Waals surface area contributed by atoms with Gasteiger partial charge in [0.05, 0.1) is 5.69 Å². The SMILES string of the molecule is CC(=O)N1CC(c2ccnc(Nc3ncccc3C)n2)C1. The first-order chi connectivity index (χ1) is 10.1. The Balaban J connectivity index is 1.73. The molecule has 1 N–H and O–H groups in total. The zero-order chi connectivity index (χ0) is 14.8. The lowest BCUT2D eigenvalue weighted by Gasteiger charge is -2.38. The third-order valence-corrected chi connectivity index (χ3v) is 3.66. The molecule has 1 fully saturated rings. The van der Waals surface area contributed by atoms with Gasteiger partial charge in [0.1, 0.15) is 5.82 Å². The maximum absolute atomic E-state index is 11.2. The van der Waals surface area contributed by atoms with Crippen LogP contribution < -0.4 is 5.32 Å². The van der Waals surface area contributed by atoms with Gasteiger partial charge >= 0.3 is 0 Å². The molecule has 2 aromatic heterocycles. The van der Waals surface area contributed by atoms with Crippen molar-refractivity contribution < 1.29 is 4.79 Å². The second kappa shape index (κ2) is 5.47. The van der Waals surface area contributed by atoms with Crippen molar-refractivity contribution in [3.63, 3.8) is 0 Å². The van der Waals surface area contributed by atoms with E-state index in [0.717, 1.165) is 30.2 Å². The number of rotatable bonds is 3. The molecule has 108 valence electrons. The lowest BCUT2D eigenvalue weighted by Crippen LogP contribution is -2.47. The Hall–Kier alpha value is -2.50. The third-order valence-electron chi connectivity index (χ3n) is 3.66. The number of aryl methyl sites for hydroxylation is 1. The summed E-state index contributed by atoms with van der Waals surface area (Å²) in [6.45, 7) is 5.03. The summed E-state index contributed by atoms with van der Waals surface area (Å²) in [6.07, 6.45) is 3.47. The van der Waals surface area contributed by atoms with Gasteiger partial charge in [-0.25, -0.2) is 15.0 Å². The van der Waals surface area contributed by atoms with E-state index in [9.17, 15) is 4.79 Å². The first-order valence-corrected chi connectivity index (χ1v) is 6.90. The highest BCUT2D eigenvalue weighted by Gasteiger charge is 2.30. The molecule has 0 bridgehead atoms. The first kappa shape index (κ1) is 13.5. The molecule has 1 aliphatic heterocycles. The number of amides is 1. The Morgan fingerprint density at radius 3 is 2.81 bits per heavy atom. The fourth-order valence-corrected chi connectivity index (χ4v) is 2.31. The molecule has 2 aromatic rings. The Morgan fingerprint density at radius 2 is 2.10 bits per heavy atom. The topological polar surface area (TPSA) is 71.0 Å². The molecule has 3 rings (SSSR count). The monoisotopic (exact) mass is 283 g/mol. The van der Waals surface area contributed by atoms with Crippen molar-refractivity contribution in [3.05, 3.63) is 41.9 Å². The Bertz CT molecular complexity index is 667. The van der Waals surface area contributed by atoms with E-state index in [4.69, 9.17) is 0 Å². The molecule has 3 heterocycles. The Kier molecular flexibility index (Phi) is 3.51. The summed E-state index contributed by atoms with van der Waals surface area (Å²) in [7, 11) is 0. The number of hydrogen-bond acceptors (Lipinski definition) is 5. The van der Waals surface area contributed by atoms with E-state index in [1.54, 1.807) is 19.3 Å². The first-order valence-electron chi connectivity index (χ1n) is 6.90. The highest BCUT2D eigenvalue weighted by Crippen LogP contribution is 2.26. The number of pyridine rings is 1. The highest BCUT2D eigenvalue weighted by atomic mass is 16.2. The summed E-state index contributed by atoms with van der Waals surface area (Å²) >= 11 is 0. The summed E-state index contributed by atoms with van der Waals surface area (Å²) in [6, 6.07) is 5.77. The second-order valence-corrected chi connectivity index (χ2v) is 5.22. The zero-order valence-electron chi connectivity index (χ0n) is 12.1. The van der Waals surface area contributed by atoms with E-state index in [2.05, 4.69) is 20.3 Å². The molecule has 0 saturated carbocycles.